The minimum Gasteiger partial charge on any atom is -0.491 e. The number of rotatable bonds is 8. The topological polar surface area (TPSA) is 9.23 Å². The van der Waals surface area contributed by atoms with Gasteiger partial charge in [-0.3, -0.25) is 0 Å². The first-order chi connectivity index (χ1) is 47.2. The molecule has 0 fully saturated rings. The molecule has 3 aliphatic carbocycles. The van der Waals surface area contributed by atoms with E-state index in [0.29, 0.717) is 0 Å². The van der Waals surface area contributed by atoms with Crippen molar-refractivity contribution >= 4 is 64.6 Å². The minimum absolute atomic E-state index is 0.109. The Kier molecular flexibility index (Phi) is 12.4. The molecule has 0 bridgehead atoms. The van der Waals surface area contributed by atoms with Gasteiger partial charge in [0.15, 0.2) is 0 Å². The van der Waals surface area contributed by atoms with E-state index in [1.165, 1.54) is 198 Å². The van der Waals surface area contributed by atoms with Crippen LogP contribution in [0, 0.1) is 0 Å². The van der Waals surface area contributed by atoms with Crippen LogP contribution >= 0.6 is 0 Å². The summed E-state index contributed by atoms with van der Waals surface area (Å²) in [6.45, 7) is 18.6. The van der Waals surface area contributed by atoms with Gasteiger partial charge in [0.05, 0.1) is 6.10 Å². The molecule has 462 valence electrons. The fraction of sp³-hybridized carbons (Fsp3) is 0.125. The highest BCUT2D eigenvalue weighted by Gasteiger charge is 2.40. The molecule has 0 saturated carbocycles. The largest absolute Gasteiger partial charge is 0.491 e. The molecule has 0 aliphatic heterocycles. The highest BCUT2D eigenvalue weighted by molar-refractivity contribution is 6.30. The second-order valence-corrected chi connectivity index (χ2v) is 29.4. The highest BCUT2D eigenvalue weighted by Crippen LogP contribution is 2.58. The van der Waals surface area contributed by atoms with Gasteiger partial charge in [0.25, 0.3) is 0 Å². The minimum atomic E-state index is -0.261. The summed E-state index contributed by atoms with van der Waals surface area (Å²) in [5, 5.41) is 15.1. The number of hydrogen-bond acceptors (Lipinski definition) is 1. The molecule has 19 rings (SSSR count). The summed E-state index contributed by atoms with van der Waals surface area (Å²) in [6, 6.07) is 109. The van der Waals surface area contributed by atoms with Crippen LogP contribution in [-0.2, 0) is 16.2 Å². The molecule has 0 atom stereocenters. The molecule has 97 heavy (non-hydrogen) atoms. The Hall–Kier alpha value is -11.1. The van der Waals surface area contributed by atoms with Crippen LogP contribution < -0.4 is 4.74 Å². The van der Waals surface area contributed by atoms with E-state index in [4.69, 9.17) is 4.74 Å². The molecule has 0 heterocycles. The summed E-state index contributed by atoms with van der Waals surface area (Å²) in [5.74, 6) is 0.890. The van der Waals surface area contributed by atoms with Gasteiger partial charge in [-0.25, -0.2) is 0 Å². The van der Waals surface area contributed by atoms with Gasteiger partial charge in [-0.15, -0.1) is 0 Å². The molecule has 0 radical (unpaired) electrons. The van der Waals surface area contributed by atoms with Gasteiger partial charge in [0.2, 0.25) is 0 Å². The lowest BCUT2D eigenvalue weighted by atomic mass is 9.78. The van der Waals surface area contributed by atoms with Gasteiger partial charge in [-0.05, 0) is 254 Å². The molecule has 16 aromatic rings. The van der Waals surface area contributed by atoms with Crippen molar-refractivity contribution in [2.24, 2.45) is 0 Å². The molecular weight excluding hydrogens is 1170 g/mol. The van der Waals surface area contributed by atoms with Crippen LogP contribution in [0.25, 0.3) is 165 Å². The molecule has 1 heteroatoms. The Morgan fingerprint density at radius 2 is 0.423 bits per heavy atom. The number of hydrogen-bond donors (Lipinski definition) is 0. The van der Waals surface area contributed by atoms with E-state index in [-0.39, 0.29) is 22.3 Å². The standard InChI is InChI=1S/C96H72O/c1-56(2)97-63-44-37-57(38-45-63)88-70-24-9-11-26-72(70)89(73-27-12-10-25-71(73)88)61-42-49-68-66-46-39-58(51-83(66)95(5,6)86(68)54-61)59-40-47-67-69-50-43-62(55-87(69)96(7,8)84(67)52-59)91-76-30-15-19-34-80(76)93(81-35-20-16-31-77(81)91)92-78-32-17-13-28-74(78)90(75-29-14-18-33-79(75)92)60-41-48-65-64-23-21-22-36-82(64)94(3,4)85(65)53-60/h9-56H,1-8H3. The Morgan fingerprint density at radius 3 is 0.722 bits per heavy atom. The maximum Gasteiger partial charge on any atom is 0.119 e. The van der Waals surface area contributed by atoms with E-state index in [1.807, 2.05) is 0 Å². The van der Waals surface area contributed by atoms with Crippen LogP contribution in [0.15, 0.2) is 285 Å². The summed E-state index contributed by atoms with van der Waals surface area (Å²) < 4.78 is 6.08. The van der Waals surface area contributed by atoms with Crippen molar-refractivity contribution in [3.05, 3.63) is 318 Å². The summed E-state index contributed by atoms with van der Waals surface area (Å²) in [5.41, 5.74) is 30.7. The lowest BCUT2D eigenvalue weighted by molar-refractivity contribution is 0.242. The average molecular weight is 1240 g/mol. The predicted octanol–water partition coefficient (Wildman–Crippen LogP) is 26.3. The maximum atomic E-state index is 6.08. The molecule has 0 spiro atoms. The van der Waals surface area contributed by atoms with Crippen LogP contribution in [0.3, 0.4) is 0 Å². The fourth-order valence-corrected chi connectivity index (χ4v) is 18.1. The van der Waals surface area contributed by atoms with Crippen molar-refractivity contribution in [3.8, 4) is 106 Å². The summed E-state index contributed by atoms with van der Waals surface area (Å²) in [6.07, 6.45) is 0.117. The van der Waals surface area contributed by atoms with E-state index >= 15 is 0 Å². The molecule has 3 aliphatic rings. The molecule has 0 amide bonds. The molecular formula is C96H72O. The molecule has 1 nitrogen and oxygen atoms in total. The second-order valence-electron chi connectivity index (χ2n) is 29.4. The number of benzene rings is 16. The zero-order valence-corrected chi connectivity index (χ0v) is 56.1. The highest BCUT2D eigenvalue weighted by atomic mass is 16.5. The zero-order valence-electron chi connectivity index (χ0n) is 56.1. The first-order valence-electron chi connectivity index (χ1n) is 34.6. The molecule has 0 N–H and O–H groups in total. The van der Waals surface area contributed by atoms with E-state index < -0.39 is 0 Å². The van der Waals surface area contributed by atoms with Crippen LogP contribution in [0.4, 0.5) is 0 Å². The summed E-state index contributed by atoms with van der Waals surface area (Å²) in [4.78, 5) is 0. The maximum absolute atomic E-state index is 6.08. The summed E-state index contributed by atoms with van der Waals surface area (Å²) in [7, 11) is 0. The number of ether oxygens (including phenoxy) is 1. The van der Waals surface area contributed by atoms with Crippen LogP contribution in [0.5, 0.6) is 5.75 Å². The normalized spacial score (nSPS) is 14.3. The lowest BCUT2D eigenvalue weighted by Gasteiger charge is -2.25. The molecule has 16 aromatic carbocycles. The lowest BCUT2D eigenvalue weighted by Crippen LogP contribution is -2.15. The Labute approximate surface area is 568 Å². The van der Waals surface area contributed by atoms with Gasteiger partial charge < -0.3 is 4.74 Å². The first-order valence-corrected chi connectivity index (χ1v) is 34.6. The van der Waals surface area contributed by atoms with Gasteiger partial charge in [0.1, 0.15) is 5.75 Å². The Bertz CT molecular complexity index is 5910. The monoisotopic (exact) mass is 1240 g/mol. The van der Waals surface area contributed by atoms with Gasteiger partial charge >= 0.3 is 0 Å². The first kappa shape index (κ1) is 57.3. The second kappa shape index (κ2) is 20.9. The van der Waals surface area contributed by atoms with Crippen molar-refractivity contribution in [3.63, 3.8) is 0 Å². The van der Waals surface area contributed by atoms with E-state index in [9.17, 15) is 0 Å². The smallest absolute Gasteiger partial charge is 0.119 e. The fourth-order valence-electron chi connectivity index (χ4n) is 18.1. The Balaban J connectivity index is 0.683. The van der Waals surface area contributed by atoms with Crippen molar-refractivity contribution in [1.82, 2.24) is 0 Å². The quantitative estimate of drug-likeness (QED) is 0.138. The van der Waals surface area contributed by atoms with Crippen molar-refractivity contribution in [2.75, 3.05) is 0 Å². The summed E-state index contributed by atoms with van der Waals surface area (Å²) >= 11 is 0. The van der Waals surface area contributed by atoms with Crippen molar-refractivity contribution in [2.45, 2.75) is 77.7 Å². The molecule has 0 saturated heterocycles. The van der Waals surface area contributed by atoms with Crippen LogP contribution in [0.1, 0.15) is 88.8 Å². The zero-order chi connectivity index (χ0) is 65.4. The molecule has 0 unspecified atom stereocenters. The van der Waals surface area contributed by atoms with Crippen molar-refractivity contribution < 1.29 is 4.74 Å². The third-order valence-electron chi connectivity index (χ3n) is 22.7. The van der Waals surface area contributed by atoms with Crippen LogP contribution in [-0.4, -0.2) is 6.10 Å². The third kappa shape index (κ3) is 8.31. The van der Waals surface area contributed by atoms with Gasteiger partial charge in [0, 0.05) is 16.2 Å². The van der Waals surface area contributed by atoms with E-state index in [1.54, 1.807) is 0 Å². The average Bonchev–Trinajstić information content (AvgIpc) is 1.19. The van der Waals surface area contributed by atoms with Crippen molar-refractivity contribution in [1.29, 1.82) is 0 Å². The third-order valence-corrected chi connectivity index (χ3v) is 22.7. The van der Waals surface area contributed by atoms with Gasteiger partial charge in [-0.1, -0.05) is 284 Å². The van der Waals surface area contributed by atoms with E-state index in [2.05, 4.69) is 341 Å². The van der Waals surface area contributed by atoms with Crippen LogP contribution in [0.2, 0.25) is 0 Å². The number of fused-ring (bicyclic) bond motifs is 15. The Morgan fingerprint density at radius 1 is 0.206 bits per heavy atom. The van der Waals surface area contributed by atoms with E-state index in [0.717, 1.165) is 5.75 Å². The molecule has 0 aromatic heterocycles. The SMILES string of the molecule is CC(C)Oc1ccc(-c2c3ccccc3c(-c3ccc4c(c3)C(C)(C)c3cc(-c5ccc6c(c5)C(C)(C)c5cc(-c7c8ccccc8c(-c8c9ccccc9c(-c9ccc%10c(c9)C(C)(C)c9ccccc9-%10)c9ccccc89)c8ccccc78)ccc5-6)ccc3-4)c3ccccc23)cc1. The van der Waals surface area contributed by atoms with Gasteiger partial charge in [-0.2, -0.15) is 0 Å². The predicted molar refractivity (Wildman–Crippen MR) is 413 cm³/mol.